The number of rotatable bonds is 10. The van der Waals surface area contributed by atoms with E-state index >= 15 is 0 Å². The largest absolute Gasteiger partial charge is 0.359 e. The van der Waals surface area contributed by atoms with Crippen molar-refractivity contribution in [3.8, 4) is 0 Å². The number of hydrogen-bond donors (Lipinski definition) is 1. The Labute approximate surface area is 178 Å². The molecule has 7 heteroatoms. The van der Waals surface area contributed by atoms with Gasteiger partial charge in [-0.2, -0.15) is 0 Å². The third-order valence-corrected chi connectivity index (χ3v) is 5.53. The van der Waals surface area contributed by atoms with E-state index in [9.17, 15) is 9.59 Å². The lowest BCUT2D eigenvalue weighted by molar-refractivity contribution is -0.133. The molecule has 1 fully saturated rings. The summed E-state index contributed by atoms with van der Waals surface area (Å²) in [4.78, 5) is 31.0. The van der Waals surface area contributed by atoms with Gasteiger partial charge in [-0.25, -0.2) is 0 Å². The van der Waals surface area contributed by atoms with E-state index in [0.29, 0.717) is 37.1 Å². The van der Waals surface area contributed by atoms with Gasteiger partial charge in [-0.3, -0.25) is 14.6 Å². The summed E-state index contributed by atoms with van der Waals surface area (Å²) in [6, 6.07) is 5.43. The summed E-state index contributed by atoms with van der Waals surface area (Å²) in [6.45, 7) is 5.40. The zero-order valence-corrected chi connectivity index (χ0v) is 18.0. The number of carbonyl (C=O) groups is 2. The topological polar surface area (TPSA) is 88.3 Å². The molecule has 0 spiro atoms. The summed E-state index contributed by atoms with van der Waals surface area (Å²) in [7, 11) is 0. The molecule has 1 saturated carbocycles. The van der Waals surface area contributed by atoms with E-state index in [2.05, 4.69) is 15.5 Å². The van der Waals surface area contributed by atoms with Crippen LogP contribution in [0.2, 0.25) is 0 Å². The highest BCUT2D eigenvalue weighted by Crippen LogP contribution is 2.29. The van der Waals surface area contributed by atoms with Crippen LogP contribution < -0.4 is 5.32 Å². The Morgan fingerprint density at radius 1 is 1.20 bits per heavy atom. The van der Waals surface area contributed by atoms with Gasteiger partial charge in [0.1, 0.15) is 0 Å². The van der Waals surface area contributed by atoms with Crippen molar-refractivity contribution in [2.45, 2.75) is 65.5 Å². The van der Waals surface area contributed by atoms with Crippen molar-refractivity contribution < 1.29 is 14.1 Å². The van der Waals surface area contributed by atoms with Crippen molar-refractivity contribution >= 4 is 11.8 Å². The smallest absolute Gasteiger partial charge is 0.273 e. The molecule has 2 heterocycles. The third kappa shape index (κ3) is 6.68. The van der Waals surface area contributed by atoms with Crippen molar-refractivity contribution in [3.05, 3.63) is 47.6 Å². The van der Waals surface area contributed by atoms with Crippen LogP contribution in [-0.2, 0) is 17.9 Å². The van der Waals surface area contributed by atoms with Gasteiger partial charge in [0.05, 0.1) is 6.54 Å². The number of pyridine rings is 1. The Morgan fingerprint density at radius 2 is 1.93 bits per heavy atom. The quantitative estimate of drug-likeness (QED) is 0.638. The molecule has 0 radical (unpaired) electrons. The molecule has 1 aliphatic carbocycles. The summed E-state index contributed by atoms with van der Waals surface area (Å²) >= 11 is 0. The minimum Gasteiger partial charge on any atom is -0.359 e. The van der Waals surface area contributed by atoms with Gasteiger partial charge in [0.2, 0.25) is 5.91 Å². The van der Waals surface area contributed by atoms with Crippen LogP contribution in [0.3, 0.4) is 0 Å². The lowest BCUT2D eigenvalue weighted by Gasteiger charge is -2.22. The molecule has 162 valence electrons. The molecule has 2 amide bonds. The highest BCUT2D eigenvalue weighted by Gasteiger charge is 2.22. The monoisotopic (exact) mass is 412 g/mol. The van der Waals surface area contributed by atoms with Gasteiger partial charge in [0.15, 0.2) is 11.5 Å². The number of nitrogens with zero attached hydrogens (tertiary/aromatic N) is 3. The second-order valence-corrected chi connectivity index (χ2v) is 8.58. The molecule has 2 aromatic rings. The lowest BCUT2D eigenvalue weighted by atomic mass is 10.0. The first-order valence-electron chi connectivity index (χ1n) is 10.9. The van der Waals surface area contributed by atoms with Crippen LogP contribution in [0.15, 0.2) is 35.1 Å². The van der Waals surface area contributed by atoms with Gasteiger partial charge in [-0.1, -0.05) is 44.7 Å². The Morgan fingerprint density at radius 3 is 2.63 bits per heavy atom. The fourth-order valence-electron chi connectivity index (χ4n) is 3.80. The summed E-state index contributed by atoms with van der Waals surface area (Å²) in [5.41, 5.74) is 1.25. The molecule has 0 unspecified atom stereocenters. The van der Waals surface area contributed by atoms with Crippen molar-refractivity contribution in [2.75, 3.05) is 6.54 Å². The van der Waals surface area contributed by atoms with Crippen LogP contribution in [0.1, 0.15) is 74.2 Å². The molecular formula is C23H32N4O3. The zero-order chi connectivity index (χ0) is 21.3. The van der Waals surface area contributed by atoms with Crippen molar-refractivity contribution in [3.63, 3.8) is 0 Å². The third-order valence-electron chi connectivity index (χ3n) is 5.53. The number of aromatic nitrogens is 2. The predicted molar refractivity (Wildman–Crippen MR) is 113 cm³/mol. The second-order valence-electron chi connectivity index (χ2n) is 8.58. The molecule has 1 aliphatic rings. The van der Waals surface area contributed by atoms with Gasteiger partial charge < -0.3 is 14.7 Å². The van der Waals surface area contributed by atoms with E-state index in [1.165, 1.54) is 25.7 Å². The Hall–Kier alpha value is -2.70. The SMILES string of the molecule is CC(C)CNC(=O)c1cc(CN(Cc2ccncc2)C(=O)CCC2CCCC2)on1. The summed E-state index contributed by atoms with van der Waals surface area (Å²) in [5, 5.41) is 6.72. The normalized spacial score (nSPS) is 14.2. The van der Waals surface area contributed by atoms with Gasteiger partial charge in [-0.05, 0) is 36.0 Å². The molecule has 30 heavy (non-hydrogen) atoms. The lowest BCUT2D eigenvalue weighted by Crippen LogP contribution is -2.30. The predicted octanol–water partition coefficient (Wildman–Crippen LogP) is 3.95. The van der Waals surface area contributed by atoms with Gasteiger partial charge in [0, 0.05) is 38.0 Å². The molecule has 3 rings (SSSR count). The summed E-state index contributed by atoms with van der Waals surface area (Å²) < 4.78 is 5.37. The van der Waals surface area contributed by atoms with E-state index in [1.54, 1.807) is 23.4 Å². The molecule has 0 atom stereocenters. The fourth-order valence-corrected chi connectivity index (χ4v) is 3.80. The van der Waals surface area contributed by atoms with E-state index in [-0.39, 0.29) is 24.1 Å². The van der Waals surface area contributed by atoms with Crippen LogP contribution in [0, 0.1) is 11.8 Å². The van der Waals surface area contributed by atoms with Crippen LogP contribution in [0.4, 0.5) is 0 Å². The van der Waals surface area contributed by atoms with Crippen LogP contribution >= 0.6 is 0 Å². The van der Waals surface area contributed by atoms with Crippen LogP contribution in [0.25, 0.3) is 0 Å². The highest BCUT2D eigenvalue weighted by molar-refractivity contribution is 5.92. The number of hydrogen-bond acceptors (Lipinski definition) is 5. The Balaban J connectivity index is 1.64. The molecule has 1 N–H and O–H groups in total. The number of amides is 2. The van der Waals surface area contributed by atoms with Gasteiger partial charge in [-0.15, -0.1) is 0 Å². The van der Waals surface area contributed by atoms with Crippen molar-refractivity contribution in [1.82, 2.24) is 20.4 Å². The van der Waals surface area contributed by atoms with E-state index < -0.39 is 0 Å². The minimum absolute atomic E-state index is 0.0981. The zero-order valence-electron chi connectivity index (χ0n) is 18.0. The average molecular weight is 413 g/mol. The molecule has 7 nitrogen and oxygen atoms in total. The molecular weight excluding hydrogens is 380 g/mol. The van der Waals surface area contributed by atoms with Crippen LogP contribution in [0.5, 0.6) is 0 Å². The van der Waals surface area contributed by atoms with Crippen molar-refractivity contribution in [1.29, 1.82) is 0 Å². The second kappa shape index (κ2) is 10.9. The Kier molecular flexibility index (Phi) is 7.99. The molecule has 0 saturated heterocycles. The summed E-state index contributed by atoms with van der Waals surface area (Å²) in [5.74, 6) is 1.37. The maximum Gasteiger partial charge on any atom is 0.273 e. The first kappa shape index (κ1) is 22.0. The summed E-state index contributed by atoms with van der Waals surface area (Å²) in [6.07, 6.45) is 9.93. The maximum atomic E-state index is 13.0. The standard InChI is InChI=1S/C23H32N4O3/c1-17(2)14-25-23(29)21-13-20(30-26-21)16-27(15-19-9-11-24-12-10-19)22(28)8-7-18-5-3-4-6-18/h9-13,17-18H,3-8,14-16H2,1-2H3,(H,25,29). The first-order chi connectivity index (χ1) is 14.5. The highest BCUT2D eigenvalue weighted by atomic mass is 16.5. The molecule has 0 bridgehead atoms. The number of carbonyl (C=O) groups excluding carboxylic acids is 2. The van der Waals surface area contributed by atoms with Crippen molar-refractivity contribution in [2.24, 2.45) is 11.8 Å². The van der Waals surface area contributed by atoms with Crippen LogP contribution in [-0.4, -0.2) is 33.4 Å². The average Bonchev–Trinajstić information content (AvgIpc) is 3.42. The fraction of sp³-hybridized carbons (Fsp3) is 0.565. The van der Waals surface area contributed by atoms with Gasteiger partial charge in [0.25, 0.3) is 5.91 Å². The van der Waals surface area contributed by atoms with Gasteiger partial charge >= 0.3 is 0 Å². The maximum absolute atomic E-state index is 13.0. The number of nitrogens with one attached hydrogen (secondary N) is 1. The van der Waals surface area contributed by atoms with E-state index in [4.69, 9.17) is 4.52 Å². The Bertz CT molecular complexity index is 813. The minimum atomic E-state index is -0.257. The van der Waals surface area contributed by atoms with E-state index in [0.717, 1.165) is 12.0 Å². The molecule has 0 aliphatic heterocycles. The molecule has 0 aromatic carbocycles. The van der Waals surface area contributed by atoms with E-state index in [1.807, 2.05) is 26.0 Å². The first-order valence-corrected chi connectivity index (χ1v) is 10.9. The molecule has 2 aromatic heterocycles.